The van der Waals surface area contributed by atoms with Gasteiger partial charge in [-0.2, -0.15) is 9.61 Å². The summed E-state index contributed by atoms with van der Waals surface area (Å²) >= 11 is 1.45. The van der Waals surface area contributed by atoms with E-state index in [0.717, 1.165) is 21.2 Å². The normalized spacial score (nSPS) is 10.8. The highest BCUT2D eigenvalue weighted by atomic mass is 32.1. The van der Waals surface area contributed by atoms with Crippen molar-refractivity contribution in [3.63, 3.8) is 0 Å². The van der Waals surface area contributed by atoms with Crippen LogP contribution in [-0.2, 0) is 11.2 Å². The largest absolute Gasteiger partial charge is 0.326 e. The Balaban J connectivity index is 1.59. The van der Waals surface area contributed by atoms with Crippen LogP contribution in [0.25, 0.3) is 4.96 Å². The van der Waals surface area contributed by atoms with Gasteiger partial charge in [-0.15, -0.1) is 10.2 Å². The number of para-hydroxylation sites is 1. The zero-order valence-corrected chi connectivity index (χ0v) is 11.7. The Labute approximate surface area is 119 Å². The number of rotatable bonds is 4. The fraction of sp³-hybridized carbons (Fsp3) is 0.231. The number of hydrogen-bond donors (Lipinski definition) is 1. The number of benzene rings is 1. The minimum Gasteiger partial charge on any atom is -0.326 e. The van der Waals surface area contributed by atoms with E-state index >= 15 is 0 Å². The molecule has 20 heavy (non-hydrogen) atoms. The summed E-state index contributed by atoms with van der Waals surface area (Å²) in [7, 11) is 0. The predicted octanol–water partition coefficient (Wildman–Crippen LogP) is 2.07. The Morgan fingerprint density at radius 1 is 1.40 bits per heavy atom. The SMILES string of the molecule is Cc1ccccc1NC(=O)CCc1nn2cnnc2s1. The second-order valence-electron chi connectivity index (χ2n) is 4.42. The zero-order valence-electron chi connectivity index (χ0n) is 10.9. The second kappa shape index (κ2) is 5.38. The molecule has 1 N–H and O–H groups in total. The number of hydrogen-bond acceptors (Lipinski definition) is 5. The maximum Gasteiger partial charge on any atom is 0.234 e. The molecule has 0 aliphatic carbocycles. The van der Waals surface area contributed by atoms with Crippen molar-refractivity contribution >= 4 is 27.9 Å². The molecule has 0 saturated carbocycles. The van der Waals surface area contributed by atoms with Crippen LogP contribution in [0, 0.1) is 6.92 Å². The van der Waals surface area contributed by atoms with Gasteiger partial charge >= 0.3 is 0 Å². The first-order valence-corrected chi connectivity index (χ1v) is 7.05. The predicted molar refractivity (Wildman–Crippen MR) is 76.8 cm³/mol. The Bertz CT molecular complexity index is 719. The minimum absolute atomic E-state index is 0.00901. The van der Waals surface area contributed by atoms with Crippen molar-refractivity contribution in [2.45, 2.75) is 19.8 Å². The van der Waals surface area contributed by atoms with Crippen LogP contribution >= 0.6 is 11.3 Å². The number of aryl methyl sites for hydroxylation is 2. The molecule has 0 fully saturated rings. The number of amides is 1. The molecule has 102 valence electrons. The molecule has 0 bridgehead atoms. The quantitative estimate of drug-likeness (QED) is 0.797. The summed E-state index contributed by atoms with van der Waals surface area (Å²) in [6.07, 6.45) is 2.56. The van der Waals surface area contributed by atoms with Crippen molar-refractivity contribution in [1.29, 1.82) is 0 Å². The lowest BCUT2D eigenvalue weighted by Crippen LogP contribution is -2.13. The molecular formula is C13H13N5OS. The van der Waals surface area contributed by atoms with Gasteiger partial charge in [0.1, 0.15) is 11.3 Å². The third kappa shape index (κ3) is 2.67. The van der Waals surface area contributed by atoms with E-state index in [0.29, 0.717) is 12.8 Å². The molecule has 1 amide bonds. The molecule has 7 heteroatoms. The zero-order chi connectivity index (χ0) is 13.9. The third-order valence-electron chi connectivity index (χ3n) is 2.91. The molecule has 1 aromatic carbocycles. The summed E-state index contributed by atoms with van der Waals surface area (Å²) in [5.41, 5.74) is 1.91. The van der Waals surface area contributed by atoms with Crippen molar-refractivity contribution in [2.75, 3.05) is 5.32 Å². The molecular weight excluding hydrogens is 274 g/mol. The summed E-state index contributed by atoms with van der Waals surface area (Å²) in [6, 6.07) is 7.73. The smallest absolute Gasteiger partial charge is 0.234 e. The third-order valence-corrected chi connectivity index (χ3v) is 3.89. The van der Waals surface area contributed by atoms with Gasteiger partial charge in [-0.3, -0.25) is 4.79 Å². The molecule has 3 rings (SSSR count). The summed E-state index contributed by atoms with van der Waals surface area (Å²) in [4.78, 5) is 12.7. The Morgan fingerprint density at radius 3 is 3.05 bits per heavy atom. The van der Waals surface area contributed by atoms with Crippen LogP contribution in [-0.4, -0.2) is 25.7 Å². The summed E-state index contributed by atoms with van der Waals surface area (Å²) in [5.74, 6) is -0.00901. The topological polar surface area (TPSA) is 72.2 Å². The van der Waals surface area contributed by atoms with Gasteiger partial charge < -0.3 is 5.32 Å². The highest BCUT2D eigenvalue weighted by Crippen LogP contribution is 2.16. The molecule has 0 atom stereocenters. The van der Waals surface area contributed by atoms with Crippen LogP contribution in [0.15, 0.2) is 30.6 Å². The van der Waals surface area contributed by atoms with Crippen molar-refractivity contribution < 1.29 is 4.79 Å². The van der Waals surface area contributed by atoms with E-state index in [4.69, 9.17) is 0 Å². The van der Waals surface area contributed by atoms with Gasteiger partial charge in [0.05, 0.1) is 0 Å². The molecule has 0 unspecified atom stereocenters. The minimum atomic E-state index is -0.00901. The van der Waals surface area contributed by atoms with Gasteiger partial charge in [0, 0.05) is 18.5 Å². The van der Waals surface area contributed by atoms with Crippen LogP contribution in [0.4, 0.5) is 5.69 Å². The maximum atomic E-state index is 11.9. The molecule has 0 saturated heterocycles. The van der Waals surface area contributed by atoms with Gasteiger partial charge in [-0.05, 0) is 18.6 Å². The lowest BCUT2D eigenvalue weighted by atomic mass is 10.2. The second-order valence-corrected chi connectivity index (χ2v) is 5.46. The Morgan fingerprint density at radius 2 is 2.25 bits per heavy atom. The number of aromatic nitrogens is 4. The van der Waals surface area contributed by atoms with E-state index in [1.54, 1.807) is 10.8 Å². The molecule has 6 nitrogen and oxygen atoms in total. The molecule has 0 aliphatic heterocycles. The molecule has 0 radical (unpaired) electrons. The standard InChI is InChI=1S/C13H13N5OS/c1-9-4-2-3-5-10(9)15-11(19)6-7-12-17-18-8-14-16-13(18)20-12/h2-5,8H,6-7H2,1H3,(H,15,19). The van der Waals surface area contributed by atoms with Crippen LogP contribution in [0.3, 0.4) is 0 Å². The van der Waals surface area contributed by atoms with Crippen molar-refractivity contribution in [1.82, 2.24) is 19.8 Å². The van der Waals surface area contributed by atoms with Gasteiger partial charge in [0.15, 0.2) is 0 Å². The van der Waals surface area contributed by atoms with Gasteiger partial charge in [0.2, 0.25) is 10.9 Å². The van der Waals surface area contributed by atoms with E-state index in [9.17, 15) is 4.79 Å². The molecule has 0 aliphatic rings. The van der Waals surface area contributed by atoms with Crippen molar-refractivity contribution in [3.8, 4) is 0 Å². The summed E-state index contributed by atoms with van der Waals surface area (Å²) < 4.78 is 1.62. The van der Waals surface area contributed by atoms with E-state index in [-0.39, 0.29) is 5.91 Å². The first-order valence-electron chi connectivity index (χ1n) is 6.23. The Hall–Kier alpha value is -2.28. The Kier molecular flexibility index (Phi) is 3.42. The van der Waals surface area contributed by atoms with Crippen LogP contribution in [0.2, 0.25) is 0 Å². The average Bonchev–Trinajstić information content (AvgIpc) is 3.00. The van der Waals surface area contributed by atoms with Gasteiger partial charge in [-0.25, -0.2) is 0 Å². The van der Waals surface area contributed by atoms with Crippen molar-refractivity contribution in [2.24, 2.45) is 0 Å². The van der Waals surface area contributed by atoms with Crippen LogP contribution in [0.1, 0.15) is 17.0 Å². The summed E-state index contributed by atoms with van der Waals surface area (Å²) in [5, 5.41) is 15.8. The maximum absolute atomic E-state index is 11.9. The average molecular weight is 287 g/mol. The fourth-order valence-electron chi connectivity index (χ4n) is 1.85. The van der Waals surface area contributed by atoms with Gasteiger partial charge in [0.25, 0.3) is 0 Å². The number of carbonyl (C=O) groups is 1. The van der Waals surface area contributed by atoms with Gasteiger partial charge in [-0.1, -0.05) is 29.5 Å². The highest BCUT2D eigenvalue weighted by Gasteiger charge is 2.09. The van der Waals surface area contributed by atoms with E-state index in [1.807, 2.05) is 31.2 Å². The molecule has 2 aromatic heterocycles. The molecule has 0 spiro atoms. The number of fused-ring (bicyclic) bond motifs is 1. The monoisotopic (exact) mass is 287 g/mol. The van der Waals surface area contributed by atoms with E-state index in [1.165, 1.54) is 11.3 Å². The number of carbonyl (C=O) groups excluding carboxylic acids is 1. The number of nitrogens with zero attached hydrogens (tertiary/aromatic N) is 4. The fourth-order valence-corrected chi connectivity index (χ4v) is 2.66. The lowest BCUT2D eigenvalue weighted by molar-refractivity contribution is -0.116. The van der Waals surface area contributed by atoms with Crippen LogP contribution in [0.5, 0.6) is 0 Å². The number of nitrogens with one attached hydrogen (secondary N) is 1. The van der Waals surface area contributed by atoms with Crippen molar-refractivity contribution in [3.05, 3.63) is 41.2 Å². The first kappa shape index (κ1) is 12.7. The molecule has 3 aromatic rings. The first-order chi connectivity index (χ1) is 9.72. The van der Waals surface area contributed by atoms with E-state index in [2.05, 4.69) is 20.6 Å². The molecule has 2 heterocycles. The lowest BCUT2D eigenvalue weighted by Gasteiger charge is -2.07. The summed E-state index contributed by atoms with van der Waals surface area (Å²) in [6.45, 7) is 1.97. The highest BCUT2D eigenvalue weighted by molar-refractivity contribution is 7.16. The van der Waals surface area contributed by atoms with Crippen LogP contribution < -0.4 is 5.32 Å². The number of anilines is 1. The van der Waals surface area contributed by atoms with E-state index < -0.39 is 0 Å².